The first kappa shape index (κ1) is 17.0. The van der Waals surface area contributed by atoms with Crippen molar-refractivity contribution in [3.05, 3.63) is 40.4 Å². The Morgan fingerprint density at radius 1 is 1.33 bits per heavy atom. The maximum atomic E-state index is 12.5. The highest BCUT2D eigenvalue weighted by Crippen LogP contribution is 2.31. The second-order valence-corrected chi connectivity index (χ2v) is 5.01. The van der Waals surface area contributed by atoms with E-state index in [4.69, 9.17) is 5.11 Å². The van der Waals surface area contributed by atoms with Gasteiger partial charge in [-0.1, -0.05) is 22.5 Å². The van der Waals surface area contributed by atoms with Crippen LogP contribution < -0.4 is 10.6 Å². The number of halogens is 4. The van der Waals surface area contributed by atoms with E-state index in [9.17, 15) is 22.8 Å². The van der Waals surface area contributed by atoms with Gasteiger partial charge in [0.25, 0.3) is 0 Å². The Morgan fingerprint density at radius 2 is 1.95 bits per heavy atom. The van der Waals surface area contributed by atoms with Crippen molar-refractivity contribution in [2.24, 2.45) is 0 Å². The van der Waals surface area contributed by atoms with Crippen LogP contribution in [0, 0.1) is 0 Å². The highest BCUT2D eigenvalue weighted by molar-refractivity contribution is 9.11. The fourth-order valence-corrected chi connectivity index (χ4v) is 1.49. The van der Waals surface area contributed by atoms with Crippen LogP contribution in [-0.2, 0) is 6.18 Å². The van der Waals surface area contributed by atoms with Crippen LogP contribution in [-0.4, -0.2) is 23.7 Å². The summed E-state index contributed by atoms with van der Waals surface area (Å²) in [6.45, 7) is 3.55. The fourth-order valence-electron chi connectivity index (χ4n) is 1.35. The third-order valence-electron chi connectivity index (χ3n) is 2.27. The van der Waals surface area contributed by atoms with E-state index in [0.29, 0.717) is 16.6 Å². The maximum absolute atomic E-state index is 12.5. The average molecular weight is 367 g/mol. The minimum absolute atomic E-state index is 0.0782. The topological polar surface area (TPSA) is 78.4 Å². The van der Waals surface area contributed by atoms with Crippen LogP contribution >= 0.6 is 15.9 Å². The molecule has 21 heavy (non-hydrogen) atoms. The third kappa shape index (κ3) is 5.10. The maximum Gasteiger partial charge on any atom is 0.416 e. The number of aromatic carboxylic acids is 1. The highest BCUT2D eigenvalue weighted by Gasteiger charge is 2.32. The van der Waals surface area contributed by atoms with E-state index in [-0.39, 0.29) is 12.2 Å². The molecular formula is C12H10BrF3N2O3. The summed E-state index contributed by atoms with van der Waals surface area (Å²) in [4.78, 5) is 22.5. The van der Waals surface area contributed by atoms with Crippen molar-refractivity contribution < 1.29 is 27.9 Å². The predicted octanol–water partition coefficient (Wildman–Crippen LogP) is 3.43. The molecule has 9 heteroatoms. The van der Waals surface area contributed by atoms with Gasteiger partial charge in [-0.05, 0) is 18.2 Å². The number of alkyl halides is 3. The number of carbonyl (C=O) groups excluding carboxylic acids is 1. The molecule has 0 aromatic heterocycles. The lowest BCUT2D eigenvalue weighted by molar-refractivity contribution is -0.137. The Labute approximate surface area is 126 Å². The van der Waals surface area contributed by atoms with Crippen molar-refractivity contribution in [2.45, 2.75) is 6.18 Å². The summed E-state index contributed by atoms with van der Waals surface area (Å²) in [5.74, 6) is -1.58. The summed E-state index contributed by atoms with van der Waals surface area (Å²) in [6.07, 6.45) is -4.67. The van der Waals surface area contributed by atoms with Gasteiger partial charge in [-0.25, -0.2) is 9.59 Å². The number of benzene rings is 1. The molecule has 0 saturated carbocycles. The molecule has 0 heterocycles. The molecule has 0 aliphatic rings. The number of amides is 2. The van der Waals surface area contributed by atoms with Crippen molar-refractivity contribution in [1.29, 1.82) is 0 Å². The Hall–Kier alpha value is -2.03. The molecule has 1 aromatic carbocycles. The van der Waals surface area contributed by atoms with Gasteiger partial charge in [-0.2, -0.15) is 13.2 Å². The average Bonchev–Trinajstić information content (AvgIpc) is 2.35. The van der Waals surface area contributed by atoms with E-state index in [1.807, 2.05) is 0 Å². The standard InChI is InChI=1S/C12H10BrF3N2O3/c1-6(13)5-17-11(21)18-9-3-2-7(12(14,15)16)4-8(9)10(19)20/h2-4H,1,5H2,(H,19,20)(H2,17,18,21). The van der Waals surface area contributed by atoms with E-state index < -0.39 is 29.3 Å². The van der Waals surface area contributed by atoms with Crippen LogP contribution in [0.15, 0.2) is 29.3 Å². The van der Waals surface area contributed by atoms with Crippen LogP contribution in [0.3, 0.4) is 0 Å². The number of urea groups is 1. The normalized spacial score (nSPS) is 10.9. The van der Waals surface area contributed by atoms with Gasteiger partial charge >= 0.3 is 18.2 Å². The Morgan fingerprint density at radius 3 is 2.43 bits per heavy atom. The zero-order valence-corrected chi connectivity index (χ0v) is 12.0. The number of nitrogens with one attached hydrogen (secondary N) is 2. The molecule has 3 N–H and O–H groups in total. The number of hydrogen-bond acceptors (Lipinski definition) is 2. The fraction of sp³-hybridized carbons (Fsp3) is 0.167. The van der Waals surface area contributed by atoms with E-state index in [2.05, 4.69) is 33.1 Å². The third-order valence-corrected chi connectivity index (χ3v) is 2.55. The van der Waals surface area contributed by atoms with Gasteiger partial charge in [0.05, 0.1) is 23.4 Å². The van der Waals surface area contributed by atoms with Crippen LogP contribution in [0.5, 0.6) is 0 Å². The summed E-state index contributed by atoms with van der Waals surface area (Å²) < 4.78 is 38.1. The molecule has 0 fully saturated rings. The van der Waals surface area contributed by atoms with Crippen LogP contribution in [0.2, 0.25) is 0 Å². The smallest absolute Gasteiger partial charge is 0.416 e. The Kier molecular flexibility index (Phi) is 5.36. The largest absolute Gasteiger partial charge is 0.478 e. The van der Waals surface area contributed by atoms with Crippen LogP contribution in [0.1, 0.15) is 15.9 Å². The second-order valence-electron chi connectivity index (χ2n) is 3.89. The van der Waals surface area contributed by atoms with E-state index in [0.717, 1.165) is 6.07 Å². The van der Waals surface area contributed by atoms with E-state index in [1.54, 1.807) is 0 Å². The minimum Gasteiger partial charge on any atom is -0.478 e. The predicted molar refractivity (Wildman–Crippen MR) is 73.5 cm³/mol. The van der Waals surface area contributed by atoms with Crippen LogP contribution in [0.25, 0.3) is 0 Å². The van der Waals surface area contributed by atoms with Gasteiger partial charge < -0.3 is 15.7 Å². The lowest BCUT2D eigenvalue weighted by atomic mass is 10.1. The van der Waals surface area contributed by atoms with Gasteiger partial charge in [0.1, 0.15) is 0 Å². The number of carbonyl (C=O) groups is 2. The van der Waals surface area contributed by atoms with Gasteiger partial charge in [0.2, 0.25) is 0 Å². The molecule has 0 atom stereocenters. The second kappa shape index (κ2) is 6.61. The monoisotopic (exact) mass is 366 g/mol. The lowest BCUT2D eigenvalue weighted by Gasteiger charge is -2.12. The van der Waals surface area contributed by atoms with Gasteiger partial charge in [-0.15, -0.1) is 0 Å². The molecular weight excluding hydrogens is 357 g/mol. The SMILES string of the molecule is C=C(Br)CNC(=O)Nc1ccc(C(F)(F)F)cc1C(=O)O. The highest BCUT2D eigenvalue weighted by atomic mass is 79.9. The number of carboxylic acid groups (broad SMARTS) is 1. The number of anilines is 1. The van der Waals surface area contributed by atoms with E-state index in [1.165, 1.54) is 0 Å². The molecule has 2 amide bonds. The molecule has 0 aliphatic carbocycles. The zero-order chi connectivity index (χ0) is 16.2. The minimum atomic E-state index is -4.67. The molecule has 1 rings (SSSR count). The van der Waals surface area contributed by atoms with Crippen LogP contribution in [0.4, 0.5) is 23.7 Å². The molecule has 1 aromatic rings. The first-order valence-corrected chi connectivity index (χ1v) is 6.23. The summed E-state index contributed by atoms with van der Waals surface area (Å²) in [5.41, 5.74) is -2.01. The summed E-state index contributed by atoms with van der Waals surface area (Å²) >= 11 is 3.00. The first-order chi connectivity index (χ1) is 9.61. The summed E-state index contributed by atoms with van der Waals surface area (Å²) in [7, 11) is 0. The van der Waals surface area contributed by atoms with Crippen molar-refractivity contribution >= 4 is 33.6 Å². The molecule has 0 aliphatic heterocycles. The molecule has 0 saturated heterocycles. The number of carboxylic acids is 1. The summed E-state index contributed by atoms with van der Waals surface area (Å²) in [6, 6.07) is 1.26. The van der Waals surface area contributed by atoms with Crippen molar-refractivity contribution in [1.82, 2.24) is 5.32 Å². The molecule has 0 bridgehead atoms. The Bertz CT molecular complexity index is 588. The quantitative estimate of drug-likeness (QED) is 0.763. The lowest BCUT2D eigenvalue weighted by Crippen LogP contribution is -2.30. The van der Waals surface area contributed by atoms with Crippen molar-refractivity contribution in [3.8, 4) is 0 Å². The molecule has 0 unspecified atom stereocenters. The van der Waals surface area contributed by atoms with Gasteiger partial charge in [0, 0.05) is 4.48 Å². The molecule has 114 valence electrons. The zero-order valence-electron chi connectivity index (χ0n) is 10.4. The molecule has 5 nitrogen and oxygen atoms in total. The number of hydrogen-bond donors (Lipinski definition) is 3. The van der Waals surface area contributed by atoms with Gasteiger partial charge in [-0.3, -0.25) is 0 Å². The van der Waals surface area contributed by atoms with Gasteiger partial charge in [0.15, 0.2) is 0 Å². The first-order valence-electron chi connectivity index (χ1n) is 5.44. The van der Waals surface area contributed by atoms with E-state index >= 15 is 0 Å². The van der Waals surface area contributed by atoms with Crippen molar-refractivity contribution in [2.75, 3.05) is 11.9 Å². The molecule has 0 radical (unpaired) electrons. The molecule has 0 spiro atoms. The summed E-state index contributed by atoms with van der Waals surface area (Å²) in [5, 5.41) is 13.4. The number of rotatable bonds is 4. The Balaban J connectivity index is 3.00. The van der Waals surface area contributed by atoms with Crippen molar-refractivity contribution in [3.63, 3.8) is 0 Å².